The van der Waals surface area contributed by atoms with Gasteiger partial charge in [0, 0.05) is 24.5 Å². The maximum absolute atomic E-state index is 4.50. The van der Waals surface area contributed by atoms with E-state index < -0.39 is 0 Å². The largest absolute Gasteiger partial charge is 0.353 e. The van der Waals surface area contributed by atoms with Gasteiger partial charge >= 0.3 is 0 Å². The lowest BCUT2D eigenvalue weighted by atomic mass is 10.1. The third kappa shape index (κ3) is 4.26. The minimum Gasteiger partial charge on any atom is -0.353 e. The van der Waals surface area contributed by atoms with Crippen LogP contribution in [0.2, 0.25) is 0 Å². The molecule has 1 aromatic heterocycles. The lowest BCUT2D eigenvalue weighted by molar-refractivity contribution is 0.474. The highest BCUT2D eigenvalue weighted by Gasteiger charge is 2.17. The molecular weight excluding hydrogens is 234 g/mol. The van der Waals surface area contributed by atoms with Crippen LogP contribution in [0.1, 0.15) is 77.7 Å². The molecule has 1 N–H and O–H groups in total. The average Bonchev–Trinajstić information content (AvgIpc) is 3.06. The average molecular weight is 263 g/mol. The number of anilines is 1. The van der Waals surface area contributed by atoms with Crippen LogP contribution in [-0.4, -0.2) is 15.6 Å². The van der Waals surface area contributed by atoms with E-state index in [1.807, 2.05) is 6.20 Å². The molecule has 3 heteroatoms. The predicted octanol–water partition coefficient (Wildman–Crippen LogP) is 4.77. The fraction of sp³-hybridized carbons (Fsp3) is 0.812. The van der Waals surface area contributed by atoms with Crippen molar-refractivity contribution >= 4 is 5.95 Å². The number of hydrogen-bond acceptors (Lipinski definition) is 2. The highest BCUT2D eigenvalue weighted by molar-refractivity contribution is 5.28. The van der Waals surface area contributed by atoms with Gasteiger partial charge in [0.05, 0.1) is 0 Å². The number of rotatable bonds is 8. The summed E-state index contributed by atoms with van der Waals surface area (Å²) < 4.78 is 2.32. The molecule has 0 amide bonds. The second kappa shape index (κ2) is 7.56. The first kappa shape index (κ1) is 14.4. The van der Waals surface area contributed by atoms with Gasteiger partial charge in [0.15, 0.2) is 0 Å². The van der Waals surface area contributed by atoms with Crippen molar-refractivity contribution in [2.45, 2.75) is 83.7 Å². The van der Waals surface area contributed by atoms with Gasteiger partial charge in [-0.2, -0.15) is 0 Å². The number of nitrogens with zero attached hydrogens (tertiary/aromatic N) is 2. The molecule has 0 bridgehead atoms. The van der Waals surface area contributed by atoms with Crippen LogP contribution in [0.4, 0.5) is 5.95 Å². The van der Waals surface area contributed by atoms with Gasteiger partial charge in [-0.15, -0.1) is 0 Å². The van der Waals surface area contributed by atoms with Gasteiger partial charge < -0.3 is 9.88 Å². The lowest BCUT2D eigenvalue weighted by Gasteiger charge is -2.19. The van der Waals surface area contributed by atoms with E-state index in [2.05, 4.69) is 34.9 Å². The van der Waals surface area contributed by atoms with Crippen LogP contribution in [0, 0.1) is 0 Å². The first-order valence-corrected chi connectivity index (χ1v) is 8.10. The topological polar surface area (TPSA) is 29.9 Å². The van der Waals surface area contributed by atoms with Gasteiger partial charge in [-0.05, 0) is 26.2 Å². The first-order valence-electron chi connectivity index (χ1n) is 8.10. The number of unbranched alkanes of at least 4 members (excludes halogenated alkanes) is 3. The van der Waals surface area contributed by atoms with E-state index in [0.29, 0.717) is 12.1 Å². The Morgan fingerprint density at radius 2 is 2.11 bits per heavy atom. The maximum Gasteiger partial charge on any atom is 0.203 e. The summed E-state index contributed by atoms with van der Waals surface area (Å²) in [5.74, 6) is 1.08. The molecule has 1 atom stereocenters. The quantitative estimate of drug-likeness (QED) is 0.685. The molecule has 1 aliphatic carbocycles. The number of nitrogens with one attached hydrogen (secondary N) is 1. The molecule has 1 heterocycles. The van der Waals surface area contributed by atoms with E-state index in [4.69, 9.17) is 0 Å². The Hall–Kier alpha value is -0.990. The summed E-state index contributed by atoms with van der Waals surface area (Å²) in [5.41, 5.74) is 0. The highest BCUT2D eigenvalue weighted by Crippen LogP contribution is 2.24. The highest BCUT2D eigenvalue weighted by atomic mass is 15.2. The van der Waals surface area contributed by atoms with Crippen LogP contribution in [-0.2, 0) is 0 Å². The van der Waals surface area contributed by atoms with Crippen molar-refractivity contribution in [2.75, 3.05) is 5.32 Å². The summed E-state index contributed by atoms with van der Waals surface area (Å²) in [7, 11) is 0. The second-order valence-corrected chi connectivity index (χ2v) is 5.98. The van der Waals surface area contributed by atoms with Crippen LogP contribution in [0.15, 0.2) is 12.4 Å². The molecule has 0 aliphatic heterocycles. The fourth-order valence-corrected chi connectivity index (χ4v) is 3.04. The molecule has 1 fully saturated rings. The van der Waals surface area contributed by atoms with Gasteiger partial charge in [-0.3, -0.25) is 0 Å². The van der Waals surface area contributed by atoms with Crippen molar-refractivity contribution in [3.05, 3.63) is 12.4 Å². The molecule has 0 radical (unpaired) electrons. The van der Waals surface area contributed by atoms with Crippen molar-refractivity contribution in [3.8, 4) is 0 Å². The van der Waals surface area contributed by atoms with E-state index in [0.717, 1.165) is 5.95 Å². The molecule has 1 aliphatic rings. The zero-order valence-electron chi connectivity index (χ0n) is 12.6. The van der Waals surface area contributed by atoms with Crippen molar-refractivity contribution in [1.82, 2.24) is 9.55 Å². The summed E-state index contributed by atoms with van der Waals surface area (Å²) in [4.78, 5) is 4.50. The molecule has 1 aromatic rings. The van der Waals surface area contributed by atoms with E-state index in [1.54, 1.807) is 0 Å². The molecule has 0 saturated heterocycles. The summed E-state index contributed by atoms with van der Waals surface area (Å²) in [6.07, 6.45) is 16.0. The van der Waals surface area contributed by atoms with Crippen molar-refractivity contribution < 1.29 is 0 Å². The molecule has 1 saturated carbocycles. The third-order valence-electron chi connectivity index (χ3n) is 4.31. The zero-order chi connectivity index (χ0) is 13.5. The Labute approximate surface area is 117 Å². The molecule has 108 valence electrons. The minimum atomic E-state index is 0.559. The SMILES string of the molecule is CCCCCCC(C)n1ccnc1NC1CCCC1. The second-order valence-electron chi connectivity index (χ2n) is 5.98. The van der Waals surface area contributed by atoms with Gasteiger partial charge in [0.2, 0.25) is 5.95 Å². The smallest absolute Gasteiger partial charge is 0.203 e. The normalized spacial score (nSPS) is 17.8. The Kier molecular flexibility index (Phi) is 5.74. The molecule has 1 unspecified atom stereocenters. The molecule has 0 spiro atoms. The molecule has 2 rings (SSSR count). The van der Waals surface area contributed by atoms with E-state index in [9.17, 15) is 0 Å². The summed E-state index contributed by atoms with van der Waals surface area (Å²) in [5, 5.41) is 3.62. The van der Waals surface area contributed by atoms with Gasteiger partial charge in [0.1, 0.15) is 0 Å². The van der Waals surface area contributed by atoms with Crippen LogP contribution >= 0.6 is 0 Å². The van der Waals surface area contributed by atoms with Crippen LogP contribution in [0.5, 0.6) is 0 Å². The van der Waals surface area contributed by atoms with Crippen LogP contribution in [0.25, 0.3) is 0 Å². The maximum atomic E-state index is 4.50. The van der Waals surface area contributed by atoms with Crippen molar-refractivity contribution in [2.24, 2.45) is 0 Å². The zero-order valence-corrected chi connectivity index (χ0v) is 12.6. The van der Waals surface area contributed by atoms with Crippen LogP contribution < -0.4 is 5.32 Å². The standard InChI is InChI=1S/C16H29N3/c1-3-4-5-6-9-14(2)19-13-12-17-16(19)18-15-10-7-8-11-15/h12-15H,3-11H2,1-2H3,(H,17,18). The van der Waals surface area contributed by atoms with E-state index in [1.165, 1.54) is 57.8 Å². The minimum absolute atomic E-state index is 0.559. The van der Waals surface area contributed by atoms with E-state index >= 15 is 0 Å². The fourth-order valence-electron chi connectivity index (χ4n) is 3.04. The first-order chi connectivity index (χ1) is 9.31. The van der Waals surface area contributed by atoms with Crippen molar-refractivity contribution in [3.63, 3.8) is 0 Å². The number of imidazole rings is 1. The number of hydrogen-bond donors (Lipinski definition) is 1. The molecule has 19 heavy (non-hydrogen) atoms. The van der Waals surface area contributed by atoms with Gasteiger partial charge in [0.25, 0.3) is 0 Å². The molecule has 3 nitrogen and oxygen atoms in total. The summed E-state index contributed by atoms with van der Waals surface area (Å²) in [6, 6.07) is 1.21. The van der Waals surface area contributed by atoms with E-state index in [-0.39, 0.29) is 0 Å². The summed E-state index contributed by atoms with van der Waals surface area (Å²) in [6.45, 7) is 4.58. The third-order valence-corrected chi connectivity index (χ3v) is 4.31. The van der Waals surface area contributed by atoms with Gasteiger partial charge in [-0.25, -0.2) is 4.98 Å². The molecule has 0 aromatic carbocycles. The Bertz CT molecular complexity index is 353. The monoisotopic (exact) mass is 263 g/mol. The van der Waals surface area contributed by atoms with Crippen LogP contribution in [0.3, 0.4) is 0 Å². The molecular formula is C16H29N3. The lowest BCUT2D eigenvalue weighted by Crippen LogP contribution is -2.19. The predicted molar refractivity (Wildman–Crippen MR) is 81.6 cm³/mol. The van der Waals surface area contributed by atoms with Crippen molar-refractivity contribution in [1.29, 1.82) is 0 Å². The number of aromatic nitrogens is 2. The Morgan fingerprint density at radius 1 is 1.32 bits per heavy atom. The van der Waals surface area contributed by atoms with Gasteiger partial charge in [-0.1, -0.05) is 45.4 Å². The Morgan fingerprint density at radius 3 is 2.84 bits per heavy atom. The Balaban J connectivity index is 1.83. The summed E-state index contributed by atoms with van der Waals surface area (Å²) >= 11 is 0.